The molecule has 0 fully saturated rings. The molecule has 0 radical (unpaired) electrons. The van der Waals surface area contributed by atoms with Gasteiger partial charge in [-0.1, -0.05) is 35.9 Å². The van der Waals surface area contributed by atoms with Crippen molar-refractivity contribution in [1.29, 1.82) is 0 Å². The molecule has 0 bridgehead atoms. The summed E-state index contributed by atoms with van der Waals surface area (Å²) in [5, 5.41) is 13.5. The minimum atomic E-state index is -0.748. The van der Waals surface area contributed by atoms with Crippen LogP contribution in [0.4, 0.5) is 5.69 Å². The van der Waals surface area contributed by atoms with E-state index in [1.165, 1.54) is 18.2 Å². The van der Waals surface area contributed by atoms with Crippen LogP contribution < -0.4 is 10.1 Å². The van der Waals surface area contributed by atoms with E-state index in [0.717, 1.165) is 11.1 Å². The SMILES string of the molecule is Cc1ccc(CNC(=O)[C@@H](C)Oc2cccc([N+](=O)[O-])c2)cc1. The van der Waals surface area contributed by atoms with Gasteiger partial charge < -0.3 is 10.1 Å². The predicted molar refractivity (Wildman–Crippen MR) is 86.2 cm³/mol. The summed E-state index contributed by atoms with van der Waals surface area (Å²) < 4.78 is 5.46. The number of non-ortho nitro benzene ring substituents is 1. The molecule has 0 heterocycles. The number of carbonyl (C=O) groups excluding carboxylic acids is 1. The molecular weight excluding hydrogens is 296 g/mol. The Morgan fingerprint density at radius 3 is 2.61 bits per heavy atom. The molecule has 120 valence electrons. The van der Waals surface area contributed by atoms with E-state index in [9.17, 15) is 14.9 Å². The molecule has 0 saturated carbocycles. The van der Waals surface area contributed by atoms with Crippen molar-refractivity contribution in [1.82, 2.24) is 5.32 Å². The Morgan fingerprint density at radius 1 is 1.26 bits per heavy atom. The first-order valence-electron chi connectivity index (χ1n) is 7.20. The van der Waals surface area contributed by atoms with Crippen molar-refractivity contribution in [2.75, 3.05) is 0 Å². The molecule has 23 heavy (non-hydrogen) atoms. The fourth-order valence-corrected chi connectivity index (χ4v) is 1.97. The number of nitrogens with zero attached hydrogens (tertiary/aromatic N) is 1. The third-order valence-corrected chi connectivity index (χ3v) is 3.30. The molecule has 1 atom stereocenters. The van der Waals surface area contributed by atoms with Gasteiger partial charge in [0.15, 0.2) is 6.10 Å². The zero-order chi connectivity index (χ0) is 16.8. The van der Waals surface area contributed by atoms with Crippen LogP contribution in [0.5, 0.6) is 5.75 Å². The lowest BCUT2D eigenvalue weighted by Crippen LogP contribution is -2.35. The van der Waals surface area contributed by atoms with E-state index in [2.05, 4.69) is 5.32 Å². The lowest BCUT2D eigenvalue weighted by atomic mass is 10.1. The quantitative estimate of drug-likeness (QED) is 0.656. The van der Waals surface area contributed by atoms with Gasteiger partial charge in [-0.2, -0.15) is 0 Å². The van der Waals surface area contributed by atoms with Gasteiger partial charge in [0.1, 0.15) is 5.75 Å². The highest BCUT2D eigenvalue weighted by Crippen LogP contribution is 2.20. The van der Waals surface area contributed by atoms with Crippen molar-refractivity contribution in [3.8, 4) is 5.75 Å². The van der Waals surface area contributed by atoms with Gasteiger partial charge in [0.25, 0.3) is 11.6 Å². The van der Waals surface area contributed by atoms with E-state index in [0.29, 0.717) is 6.54 Å². The zero-order valence-electron chi connectivity index (χ0n) is 13.0. The average molecular weight is 314 g/mol. The first kappa shape index (κ1) is 16.5. The molecule has 2 aromatic rings. The third kappa shape index (κ3) is 4.81. The van der Waals surface area contributed by atoms with E-state index >= 15 is 0 Å². The second-order valence-corrected chi connectivity index (χ2v) is 5.22. The topological polar surface area (TPSA) is 81.5 Å². The molecule has 1 N–H and O–H groups in total. The maximum atomic E-state index is 12.0. The Bertz CT molecular complexity index is 698. The Labute approximate surface area is 134 Å². The summed E-state index contributed by atoms with van der Waals surface area (Å²) in [5.41, 5.74) is 2.07. The number of carbonyl (C=O) groups is 1. The van der Waals surface area contributed by atoms with E-state index in [1.807, 2.05) is 31.2 Å². The number of ether oxygens (including phenoxy) is 1. The van der Waals surface area contributed by atoms with Crippen LogP contribution >= 0.6 is 0 Å². The van der Waals surface area contributed by atoms with E-state index in [4.69, 9.17) is 4.74 Å². The van der Waals surface area contributed by atoms with Crippen LogP contribution in [0.2, 0.25) is 0 Å². The number of hydrogen-bond donors (Lipinski definition) is 1. The Hall–Kier alpha value is -2.89. The van der Waals surface area contributed by atoms with Gasteiger partial charge in [-0.15, -0.1) is 0 Å². The monoisotopic (exact) mass is 314 g/mol. The molecule has 6 heteroatoms. The molecule has 0 aromatic heterocycles. The smallest absolute Gasteiger partial charge is 0.273 e. The summed E-state index contributed by atoms with van der Waals surface area (Å²) in [6.07, 6.45) is -0.748. The van der Waals surface area contributed by atoms with Crippen LogP contribution in [-0.2, 0) is 11.3 Å². The number of hydrogen-bond acceptors (Lipinski definition) is 4. The van der Waals surface area contributed by atoms with Crippen LogP contribution in [0, 0.1) is 17.0 Å². The Morgan fingerprint density at radius 2 is 1.96 bits per heavy atom. The van der Waals surface area contributed by atoms with Crippen molar-refractivity contribution in [2.24, 2.45) is 0 Å². The van der Waals surface area contributed by atoms with Gasteiger partial charge in [-0.25, -0.2) is 0 Å². The molecule has 0 saturated heterocycles. The van der Waals surface area contributed by atoms with Crippen LogP contribution in [-0.4, -0.2) is 16.9 Å². The van der Waals surface area contributed by atoms with Crippen LogP contribution in [0.25, 0.3) is 0 Å². The van der Waals surface area contributed by atoms with Gasteiger partial charge >= 0.3 is 0 Å². The highest BCUT2D eigenvalue weighted by atomic mass is 16.6. The average Bonchev–Trinajstić information content (AvgIpc) is 2.54. The zero-order valence-corrected chi connectivity index (χ0v) is 13.0. The Balaban J connectivity index is 1.90. The summed E-state index contributed by atoms with van der Waals surface area (Å²) in [6, 6.07) is 13.6. The second kappa shape index (κ2) is 7.40. The lowest BCUT2D eigenvalue weighted by Gasteiger charge is -2.14. The highest BCUT2D eigenvalue weighted by molar-refractivity contribution is 5.80. The lowest BCUT2D eigenvalue weighted by molar-refractivity contribution is -0.384. The summed E-state index contributed by atoms with van der Waals surface area (Å²) >= 11 is 0. The molecule has 0 aliphatic heterocycles. The van der Waals surface area contributed by atoms with Crippen molar-refractivity contribution in [2.45, 2.75) is 26.5 Å². The van der Waals surface area contributed by atoms with E-state index < -0.39 is 11.0 Å². The number of aryl methyl sites for hydroxylation is 1. The third-order valence-electron chi connectivity index (χ3n) is 3.30. The minimum absolute atomic E-state index is 0.0743. The standard InChI is InChI=1S/C17H18N2O4/c1-12-6-8-14(9-7-12)11-18-17(20)13(2)23-16-5-3-4-15(10-16)19(21)22/h3-10,13H,11H2,1-2H3,(H,18,20)/t13-/m1/s1. The second-order valence-electron chi connectivity index (χ2n) is 5.22. The normalized spacial score (nSPS) is 11.6. The van der Waals surface area contributed by atoms with Crippen molar-refractivity contribution in [3.63, 3.8) is 0 Å². The van der Waals surface area contributed by atoms with E-state index in [-0.39, 0.29) is 17.3 Å². The number of nitro benzene ring substituents is 1. The van der Waals surface area contributed by atoms with Gasteiger partial charge in [-0.3, -0.25) is 14.9 Å². The maximum absolute atomic E-state index is 12.0. The van der Waals surface area contributed by atoms with Gasteiger partial charge in [0.2, 0.25) is 0 Å². The van der Waals surface area contributed by atoms with Gasteiger partial charge in [0.05, 0.1) is 11.0 Å². The van der Waals surface area contributed by atoms with Crippen molar-refractivity contribution in [3.05, 3.63) is 69.8 Å². The van der Waals surface area contributed by atoms with Crippen LogP contribution in [0.1, 0.15) is 18.1 Å². The number of rotatable bonds is 6. The number of nitro groups is 1. The van der Waals surface area contributed by atoms with E-state index in [1.54, 1.807) is 13.0 Å². The molecule has 6 nitrogen and oxygen atoms in total. The molecule has 0 aliphatic carbocycles. The van der Waals surface area contributed by atoms with Gasteiger partial charge in [-0.05, 0) is 25.5 Å². The summed E-state index contributed by atoms with van der Waals surface area (Å²) in [6.45, 7) is 4.00. The highest BCUT2D eigenvalue weighted by Gasteiger charge is 2.15. The summed E-state index contributed by atoms with van der Waals surface area (Å²) in [7, 11) is 0. The fraction of sp³-hybridized carbons (Fsp3) is 0.235. The molecule has 0 aliphatic rings. The predicted octanol–water partition coefficient (Wildman–Crippen LogP) is 2.99. The maximum Gasteiger partial charge on any atom is 0.273 e. The Kier molecular flexibility index (Phi) is 5.30. The number of nitrogens with one attached hydrogen (secondary N) is 1. The number of benzene rings is 2. The molecule has 1 amide bonds. The first-order valence-corrected chi connectivity index (χ1v) is 7.20. The number of amides is 1. The largest absolute Gasteiger partial charge is 0.481 e. The van der Waals surface area contributed by atoms with Crippen molar-refractivity contribution >= 4 is 11.6 Å². The summed E-state index contributed by atoms with van der Waals surface area (Å²) in [5.74, 6) is 0.00858. The van der Waals surface area contributed by atoms with Crippen LogP contribution in [0.15, 0.2) is 48.5 Å². The first-order chi connectivity index (χ1) is 11.0. The molecule has 2 aromatic carbocycles. The van der Waals surface area contributed by atoms with Crippen LogP contribution in [0.3, 0.4) is 0 Å². The molecule has 2 rings (SSSR count). The summed E-state index contributed by atoms with van der Waals surface area (Å²) in [4.78, 5) is 22.3. The minimum Gasteiger partial charge on any atom is -0.481 e. The molecular formula is C17H18N2O4. The molecule has 0 spiro atoms. The van der Waals surface area contributed by atoms with Gasteiger partial charge in [0, 0.05) is 12.6 Å². The fourth-order valence-electron chi connectivity index (χ4n) is 1.97. The molecule has 0 unspecified atom stereocenters. The van der Waals surface area contributed by atoms with Crippen molar-refractivity contribution < 1.29 is 14.5 Å².